The molecule has 2 rings (SSSR count). The van der Waals surface area contributed by atoms with E-state index in [4.69, 9.17) is 4.74 Å². The van der Waals surface area contributed by atoms with E-state index in [1.165, 1.54) is 19.1 Å². The van der Waals surface area contributed by atoms with Crippen molar-refractivity contribution in [2.45, 2.75) is 19.8 Å². The second kappa shape index (κ2) is 10.5. The van der Waals surface area contributed by atoms with Crippen LogP contribution < -0.4 is 10.0 Å². The lowest BCUT2D eigenvalue weighted by Crippen LogP contribution is -2.21. The van der Waals surface area contributed by atoms with E-state index in [2.05, 4.69) is 10.0 Å². The number of nitrogens with one attached hydrogen (secondary N) is 2. The third-order valence-corrected chi connectivity index (χ3v) is 4.66. The molecule has 0 aliphatic heterocycles. The molecule has 2 aromatic carbocycles. The maximum Gasteiger partial charge on any atom is 0.340 e. The van der Waals surface area contributed by atoms with E-state index in [1.54, 1.807) is 24.3 Å². The lowest BCUT2D eigenvalue weighted by Gasteiger charge is -2.10. The van der Waals surface area contributed by atoms with E-state index < -0.39 is 22.6 Å². The summed E-state index contributed by atoms with van der Waals surface area (Å²) in [6.07, 6.45) is 2.52. The van der Waals surface area contributed by atoms with Gasteiger partial charge in [0.25, 0.3) is 0 Å². The Kier molecular flexibility index (Phi) is 8.11. The van der Waals surface area contributed by atoms with E-state index in [1.807, 2.05) is 12.1 Å². The topological polar surface area (TPSA) is 119 Å². The summed E-state index contributed by atoms with van der Waals surface area (Å²) in [6, 6.07) is 12.9. The van der Waals surface area contributed by atoms with Gasteiger partial charge in [-0.2, -0.15) is 0 Å². The molecule has 0 aliphatic rings. The van der Waals surface area contributed by atoms with E-state index in [-0.39, 0.29) is 22.9 Å². The second-order valence-electron chi connectivity index (χ2n) is 6.70. The van der Waals surface area contributed by atoms with Crippen molar-refractivity contribution in [2.75, 3.05) is 24.1 Å². The molecular formula is C21H24N2O6S. The highest BCUT2D eigenvalue weighted by atomic mass is 32.2. The summed E-state index contributed by atoms with van der Waals surface area (Å²) in [4.78, 5) is 35.4. The maximum absolute atomic E-state index is 12.3. The lowest BCUT2D eigenvalue weighted by atomic mass is 10.1. The van der Waals surface area contributed by atoms with Crippen LogP contribution in [0.3, 0.4) is 0 Å². The largest absolute Gasteiger partial charge is 0.454 e. The number of amides is 1. The molecule has 0 saturated carbocycles. The van der Waals surface area contributed by atoms with Gasteiger partial charge in [0.1, 0.15) is 0 Å². The molecule has 2 aromatic rings. The third kappa shape index (κ3) is 7.67. The molecule has 0 bridgehead atoms. The van der Waals surface area contributed by atoms with Crippen LogP contribution in [0, 0.1) is 0 Å². The first-order valence-corrected chi connectivity index (χ1v) is 11.2. The van der Waals surface area contributed by atoms with E-state index in [0.29, 0.717) is 12.1 Å². The Bertz CT molecular complexity index is 1020. The molecule has 160 valence electrons. The number of carbonyl (C=O) groups excluding carboxylic acids is 3. The molecule has 0 heterocycles. The molecule has 0 aromatic heterocycles. The fourth-order valence-electron chi connectivity index (χ4n) is 2.66. The van der Waals surface area contributed by atoms with Crippen LogP contribution in [-0.4, -0.2) is 45.5 Å². The highest BCUT2D eigenvalue weighted by molar-refractivity contribution is 7.92. The molecule has 0 unspecified atom stereocenters. The summed E-state index contributed by atoms with van der Waals surface area (Å²) < 4.78 is 30.2. The molecule has 9 heteroatoms. The van der Waals surface area contributed by atoms with Crippen LogP contribution in [0.1, 0.15) is 39.6 Å². The number of aryl methyl sites for hydroxylation is 1. The number of hydrogen-bond acceptors (Lipinski definition) is 6. The van der Waals surface area contributed by atoms with Crippen molar-refractivity contribution in [1.82, 2.24) is 5.32 Å². The number of ketones is 1. The monoisotopic (exact) mass is 432 g/mol. The van der Waals surface area contributed by atoms with E-state index in [9.17, 15) is 22.8 Å². The number of anilines is 1. The fourth-order valence-corrected chi connectivity index (χ4v) is 3.23. The van der Waals surface area contributed by atoms with Crippen molar-refractivity contribution in [3.8, 4) is 0 Å². The number of sulfonamides is 1. The molecule has 8 nitrogen and oxygen atoms in total. The molecule has 0 atom stereocenters. The quantitative estimate of drug-likeness (QED) is 0.337. The van der Waals surface area contributed by atoms with Gasteiger partial charge in [0, 0.05) is 19.0 Å². The van der Waals surface area contributed by atoms with Crippen molar-refractivity contribution in [3.05, 3.63) is 65.2 Å². The van der Waals surface area contributed by atoms with Gasteiger partial charge in [0.15, 0.2) is 12.4 Å². The molecule has 0 saturated heterocycles. The normalized spacial score (nSPS) is 10.9. The molecule has 0 spiro atoms. The highest BCUT2D eigenvalue weighted by Gasteiger charge is 2.17. The first-order chi connectivity index (χ1) is 14.2. The summed E-state index contributed by atoms with van der Waals surface area (Å²) in [6.45, 7) is 1.59. The number of esters is 1. The molecule has 1 amide bonds. The Morgan fingerprint density at radius 2 is 1.67 bits per heavy atom. The fraction of sp³-hybridized carbons (Fsp3) is 0.286. The number of hydrogen-bond donors (Lipinski definition) is 2. The predicted molar refractivity (Wildman–Crippen MR) is 113 cm³/mol. The van der Waals surface area contributed by atoms with Crippen molar-refractivity contribution >= 4 is 33.4 Å². The average molecular weight is 432 g/mol. The van der Waals surface area contributed by atoms with Gasteiger partial charge in [0.05, 0.1) is 17.5 Å². The van der Waals surface area contributed by atoms with Crippen LogP contribution >= 0.6 is 0 Å². The van der Waals surface area contributed by atoms with Gasteiger partial charge in [-0.25, -0.2) is 13.2 Å². The standard InChI is InChI=1S/C21H24N2O6S/c1-15(24)22-13-5-6-16-9-11-17(12-10-16)20(25)14-29-21(26)18-7-3-4-8-19(18)23-30(2,27)28/h3-4,7-12,23H,5-6,13-14H2,1-2H3,(H,22,24). The zero-order valence-electron chi connectivity index (χ0n) is 16.8. The second-order valence-corrected chi connectivity index (χ2v) is 8.45. The summed E-state index contributed by atoms with van der Waals surface area (Å²) in [5.41, 5.74) is 1.52. The number of ether oxygens (including phenoxy) is 1. The van der Waals surface area contributed by atoms with Crippen LogP contribution in [0.4, 0.5) is 5.69 Å². The minimum atomic E-state index is -3.57. The Labute approximate surface area is 175 Å². The van der Waals surface area contributed by atoms with Gasteiger partial charge in [-0.15, -0.1) is 0 Å². The van der Waals surface area contributed by atoms with E-state index in [0.717, 1.165) is 24.7 Å². The summed E-state index contributed by atoms with van der Waals surface area (Å²) in [7, 11) is -3.57. The third-order valence-electron chi connectivity index (χ3n) is 4.07. The minimum Gasteiger partial charge on any atom is -0.454 e. The van der Waals surface area contributed by atoms with Crippen molar-refractivity contribution < 1.29 is 27.5 Å². The summed E-state index contributed by atoms with van der Waals surface area (Å²) >= 11 is 0. The van der Waals surface area contributed by atoms with Gasteiger partial charge in [-0.05, 0) is 30.5 Å². The van der Waals surface area contributed by atoms with Crippen molar-refractivity contribution in [2.24, 2.45) is 0 Å². The molecular weight excluding hydrogens is 408 g/mol. The van der Waals surface area contributed by atoms with Gasteiger partial charge < -0.3 is 10.1 Å². The molecule has 0 radical (unpaired) electrons. The number of Topliss-reactive ketones (excluding diaryl/α,β-unsaturated/α-hetero) is 1. The smallest absolute Gasteiger partial charge is 0.340 e. The number of carbonyl (C=O) groups is 3. The number of rotatable bonds is 10. The van der Waals surface area contributed by atoms with Gasteiger partial charge in [-0.1, -0.05) is 36.4 Å². The van der Waals surface area contributed by atoms with Crippen molar-refractivity contribution in [1.29, 1.82) is 0 Å². The van der Waals surface area contributed by atoms with E-state index >= 15 is 0 Å². The molecule has 0 aliphatic carbocycles. The van der Waals surface area contributed by atoms with Crippen LogP contribution in [0.2, 0.25) is 0 Å². The highest BCUT2D eigenvalue weighted by Crippen LogP contribution is 2.17. The Hall–Kier alpha value is -3.20. The van der Waals surface area contributed by atoms with Crippen LogP contribution in [-0.2, 0) is 26.0 Å². The SMILES string of the molecule is CC(=O)NCCCc1ccc(C(=O)COC(=O)c2ccccc2NS(C)(=O)=O)cc1. The van der Waals surface area contributed by atoms with Crippen LogP contribution in [0.15, 0.2) is 48.5 Å². The van der Waals surface area contributed by atoms with Crippen LogP contribution in [0.5, 0.6) is 0 Å². The Balaban J connectivity index is 1.91. The van der Waals surface area contributed by atoms with Crippen molar-refractivity contribution in [3.63, 3.8) is 0 Å². The van der Waals surface area contributed by atoms with Gasteiger partial charge in [-0.3, -0.25) is 14.3 Å². The summed E-state index contributed by atoms with van der Waals surface area (Å²) in [5, 5.41) is 2.72. The zero-order valence-corrected chi connectivity index (χ0v) is 17.6. The van der Waals surface area contributed by atoms with Crippen LogP contribution in [0.25, 0.3) is 0 Å². The Morgan fingerprint density at radius 1 is 1.00 bits per heavy atom. The lowest BCUT2D eigenvalue weighted by molar-refractivity contribution is -0.118. The maximum atomic E-state index is 12.3. The first kappa shape index (κ1) is 23.1. The first-order valence-electron chi connectivity index (χ1n) is 9.26. The minimum absolute atomic E-state index is 0.0187. The van der Waals surface area contributed by atoms with Gasteiger partial charge >= 0.3 is 5.97 Å². The predicted octanol–water partition coefficient (Wildman–Crippen LogP) is 2.17. The molecule has 30 heavy (non-hydrogen) atoms. The number of benzene rings is 2. The average Bonchev–Trinajstić information content (AvgIpc) is 2.68. The van der Waals surface area contributed by atoms with Gasteiger partial charge in [0.2, 0.25) is 15.9 Å². The Morgan fingerprint density at radius 3 is 2.30 bits per heavy atom. The molecule has 0 fully saturated rings. The summed E-state index contributed by atoms with van der Waals surface area (Å²) in [5.74, 6) is -1.24. The molecule has 2 N–H and O–H groups in total. The zero-order chi connectivity index (χ0) is 22.1. The number of para-hydroxylation sites is 1.